The average Bonchev–Trinajstić information content (AvgIpc) is 2.95. The summed E-state index contributed by atoms with van der Waals surface area (Å²) in [5.74, 6) is -2.65. The maximum atomic E-state index is 12.4. The van der Waals surface area contributed by atoms with Crippen LogP contribution in [0.4, 0.5) is 5.69 Å². The number of rotatable bonds is 6. The van der Waals surface area contributed by atoms with Crippen molar-refractivity contribution in [2.75, 3.05) is 39.5 Å². The number of nitro benzene ring substituents is 1. The minimum atomic E-state index is -0.829. The van der Waals surface area contributed by atoms with Crippen LogP contribution in [0.5, 0.6) is 0 Å². The van der Waals surface area contributed by atoms with E-state index in [9.17, 15) is 29.3 Å². The molecular formula is C17H17N3O8. The van der Waals surface area contributed by atoms with Crippen molar-refractivity contribution in [2.45, 2.75) is 6.42 Å². The van der Waals surface area contributed by atoms with E-state index < -0.39 is 35.0 Å². The molecule has 11 heteroatoms. The fraction of sp³-hybridized carbons (Fsp3) is 0.412. The Balaban J connectivity index is 1.54. The zero-order valence-corrected chi connectivity index (χ0v) is 14.8. The first-order valence-corrected chi connectivity index (χ1v) is 8.55. The molecule has 0 unspecified atom stereocenters. The van der Waals surface area contributed by atoms with E-state index in [4.69, 9.17) is 9.47 Å². The molecule has 1 saturated heterocycles. The molecule has 0 spiro atoms. The number of esters is 1. The van der Waals surface area contributed by atoms with E-state index in [1.54, 1.807) is 0 Å². The summed E-state index contributed by atoms with van der Waals surface area (Å²) in [5, 5.41) is 11.1. The molecule has 1 aromatic carbocycles. The fourth-order valence-electron chi connectivity index (χ4n) is 2.99. The van der Waals surface area contributed by atoms with Crippen molar-refractivity contribution in [1.29, 1.82) is 0 Å². The second kappa shape index (κ2) is 8.13. The molecule has 0 N–H and O–H groups in total. The van der Waals surface area contributed by atoms with Gasteiger partial charge in [-0.15, -0.1) is 0 Å². The van der Waals surface area contributed by atoms with Crippen LogP contribution in [0, 0.1) is 10.1 Å². The van der Waals surface area contributed by atoms with Crippen LogP contribution in [0.3, 0.4) is 0 Å². The minimum absolute atomic E-state index is 0.0740. The van der Waals surface area contributed by atoms with Crippen LogP contribution in [0.25, 0.3) is 0 Å². The molecule has 0 radical (unpaired) electrons. The predicted octanol–water partition coefficient (Wildman–Crippen LogP) is -0.0171. The van der Waals surface area contributed by atoms with Crippen LogP contribution in [0.2, 0.25) is 0 Å². The number of carbonyl (C=O) groups excluding carboxylic acids is 4. The second-order valence-corrected chi connectivity index (χ2v) is 6.12. The molecule has 0 saturated carbocycles. The summed E-state index contributed by atoms with van der Waals surface area (Å²) in [4.78, 5) is 61.1. The molecule has 3 rings (SSSR count). The van der Waals surface area contributed by atoms with Gasteiger partial charge in [-0.2, -0.15) is 0 Å². The zero-order chi connectivity index (χ0) is 20.3. The lowest BCUT2D eigenvalue weighted by molar-refractivity contribution is -0.385. The van der Waals surface area contributed by atoms with Crippen molar-refractivity contribution in [2.24, 2.45) is 0 Å². The Kier molecular flexibility index (Phi) is 5.64. The minimum Gasteiger partial charge on any atom is -0.456 e. The smallest absolute Gasteiger partial charge is 0.308 e. The van der Waals surface area contributed by atoms with E-state index in [0.29, 0.717) is 26.3 Å². The standard InChI is InChI=1S/C17H17N3O8/c21-13(18-6-8-27-9-7-18)10-28-14(22)4-5-19-16(23)11-2-1-3-12(20(25)26)15(11)17(19)24/h1-3H,4-10H2. The monoisotopic (exact) mass is 391 g/mol. The third-order valence-corrected chi connectivity index (χ3v) is 4.43. The molecule has 1 aromatic rings. The summed E-state index contributed by atoms with van der Waals surface area (Å²) in [5.41, 5.74) is -0.819. The summed E-state index contributed by atoms with van der Waals surface area (Å²) in [6, 6.07) is 3.78. The third-order valence-electron chi connectivity index (χ3n) is 4.43. The van der Waals surface area contributed by atoms with Gasteiger partial charge >= 0.3 is 5.97 Å². The van der Waals surface area contributed by atoms with E-state index in [-0.39, 0.29) is 30.0 Å². The quantitative estimate of drug-likeness (QED) is 0.286. The molecule has 1 fully saturated rings. The summed E-state index contributed by atoms with van der Waals surface area (Å²) in [6.45, 7) is 0.950. The van der Waals surface area contributed by atoms with Gasteiger partial charge in [0.05, 0.1) is 30.1 Å². The Morgan fingerprint density at radius 3 is 2.57 bits per heavy atom. The third kappa shape index (κ3) is 3.83. The first kappa shape index (κ1) is 19.4. The van der Waals surface area contributed by atoms with Crippen LogP contribution < -0.4 is 0 Å². The van der Waals surface area contributed by atoms with E-state index in [2.05, 4.69) is 0 Å². The van der Waals surface area contributed by atoms with E-state index >= 15 is 0 Å². The fourth-order valence-corrected chi connectivity index (χ4v) is 2.99. The van der Waals surface area contributed by atoms with Gasteiger partial charge in [0.15, 0.2) is 6.61 Å². The number of hydrogen-bond donors (Lipinski definition) is 0. The number of imide groups is 1. The number of amides is 3. The number of benzene rings is 1. The predicted molar refractivity (Wildman–Crippen MR) is 91.4 cm³/mol. The van der Waals surface area contributed by atoms with Gasteiger partial charge in [-0.3, -0.25) is 34.2 Å². The first-order chi connectivity index (χ1) is 13.4. The molecule has 0 atom stereocenters. The SMILES string of the molecule is O=C(CCN1C(=O)c2cccc([N+](=O)[O-])c2C1=O)OCC(=O)N1CCOCC1. The highest BCUT2D eigenvalue weighted by Gasteiger charge is 2.40. The summed E-state index contributed by atoms with van der Waals surface area (Å²) in [7, 11) is 0. The number of hydrogen-bond acceptors (Lipinski definition) is 8. The Morgan fingerprint density at radius 2 is 1.89 bits per heavy atom. The van der Waals surface area contributed by atoms with Crippen molar-refractivity contribution < 1.29 is 33.6 Å². The topological polar surface area (TPSA) is 136 Å². The molecule has 11 nitrogen and oxygen atoms in total. The molecular weight excluding hydrogens is 374 g/mol. The van der Waals surface area contributed by atoms with Crippen molar-refractivity contribution >= 4 is 29.4 Å². The van der Waals surface area contributed by atoms with Gasteiger partial charge in [0.1, 0.15) is 5.56 Å². The first-order valence-electron chi connectivity index (χ1n) is 8.55. The molecule has 0 aromatic heterocycles. The largest absolute Gasteiger partial charge is 0.456 e. The number of nitrogens with zero attached hydrogens (tertiary/aromatic N) is 3. The zero-order valence-electron chi connectivity index (χ0n) is 14.8. The molecule has 0 aliphatic carbocycles. The number of nitro groups is 1. The highest BCUT2D eigenvalue weighted by molar-refractivity contribution is 6.23. The van der Waals surface area contributed by atoms with Crippen LogP contribution >= 0.6 is 0 Å². The maximum absolute atomic E-state index is 12.4. The van der Waals surface area contributed by atoms with Crippen molar-refractivity contribution in [3.05, 3.63) is 39.4 Å². The average molecular weight is 391 g/mol. The van der Waals surface area contributed by atoms with E-state index in [1.165, 1.54) is 17.0 Å². The van der Waals surface area contributed by atoms with E-state index in [0.717, 1.165) is 11.0 Å². The van der Waals surface area contributed by atoms with E-state index in [1.807, 2.05) is 0 Å². The highest BCUT2D eigenvalue weighted by atomic mass is 16.6. The Labute approximate surface area is 158 Å². The van der Waals surface area contributed by atoms with Crippen molar-refractivity contribution in [3.63, 3.8) is 0 Å². The van der Waals surface area contributed by atoms with Gasteiger partial charge in [0.25, 0.3) is 23.4 Å². The Bertz CT molecular complexity index is 847. The lowest BCUT2D eigenvalue weighted by Crippen LogP contribution is -2.42. The van der Waals surface area contributed by atoms with Crippen molar-refractivity contribution in [3.8, 4) is 0 Å². The Morgan fingerprint density at radius 1 is 1.18 bits per heavy atom. The number of carbonyl (C=O) groups is 4. The van der Waals surface area contributed by atoms with Crippen molar-refractivity contribution in [1.82, 2.24) is 9.80 Å². The number of ether oxygens (including phenoxy) is 2. The molecule has 2 aliphatic rings. The molecule has 0 bridgehead atoms. The van der Waals surface area contributed by atoms with Crippen LogP contribution in [0.15, 0.2) is 18.2 Å². The van der Waals surface area contributed by atoms with Gasteiger partial charge in [-0.05, 0) is 6.07 Å². The summed E-state index contributed by atoms with van der Waals surface area (Å²) >= 11 is 0. The number of morpholine rings is 1. The van der Waals surface area contributed by atoms with Crippen LogP contribution in [-0.2, 0) is 19.1 Å². The second-order valence-electron chi connectivity index (χ2n) is 6.12. The van der Waals surface area contributed by atoms with Gasteiger partial charge < -0.3 is 14.4 Å². The van der Waals surface area contributed by atoms with Gasteiger partial charge in [-0.25, -0.2) is 0 Å². The maximum Gasteiger partial charge on any atom is 0.308 e. The normalized spacial score (nSPS) is 16.1. The molecule has 3 amide bonds. The highest BCUT2D eigenvalue weighted by Crippen LogP contribution is 2.30. The summed E-state index contributed by atoms with van der Waals surface area (Å²) in [6.07, 6.45) is -0.324. The molecule has 2 aliphatic heterocycles. The van der Waals surface area contributed by atoms with Crippen LogP contribution in [0.1, 0.15) is 27.1 Å². The molecule has 28 heavy (non-hydrogen) atoms. The number of fused-ring (bicyclic) bond motifs is 1. The van der Waals surface area contributed by atoms with Gasteiger partial charge in [-0.1, -0.05) is 6.07 Å². The molecule has 2 heterocycles. The lowest BCUT2D eigenvalue weighted by Gasteiger charge is -2.26. The van der Waals surface area contributed by atoms with Gasteiger partial charge in [0, 0.05) is 25.7 Å². The Hall–Kier alpha value is -3.34. The van der Waals surface area contributed by atoms with Crippen LogP contribution in [-0.4, -0.2) is 77.9 Å². The lowest BCUT2D eigenvalue weighted by atomic mass is 10.1. The molecule has 148 valence electrons. The van der Waals surface area contributed by atoms with Gasteiger partial charge in [0.2, 0.25) is 0 Å². The summed E-state index contributed by atoms with van der Waals surface area (Å²) < 4.78 is 10.0.